The van der Waals surface area contributed by atoms with Crippen molar-refractivity contribution in [3.63, 3.8) is 0 Å². The monoisotopic (exact) mass is 289 g/mol. The third kappa shape index (κ3) is 2.56. The molecule has 0 saturated heterocycles. The molecule has 1 aliphatic heterocycles. The molecule has 1 aromatic rings. The van der Waals surface area contributed by atoms with E-state index in [1.165, 1.54) is 6.08 Å². The molecule has 5 heteroatoms. The van der Waals surface area contributed by atoms with Gasteiger partial charge in [0.25, 0.3) is 5.91 Å². The van der Waals surface area contributed by atoms with E-state index < -0.39 is 23.2 Å². The van der Waals surface area contributed by atoms with E-state index in [0.717, 1.165) is 4.90 Å². The number of hydrogen-bond donors (Lipinski definition) is 1. The van der Waals surface area contributed by atoms with E-state index >= 15 is 0 Å². The van der Waals surface area contributed by atoms with Gasteiger partial charge in [0.2, 0.25) is 0 Å². The van der Waals surface area contributed by atoms with Gasteiger partial charge < -0.3 is 9.84 Å². The summed E-state index contributed by atoms with van der Waals surface area (Å²) in [5, 5.41) is 10.7. The van der Waals surface area contributed by atoms with Crippen molar-refractivity contribution >= 4 is 17.7 Å². The molecule has 1 heterocycles. The lowest BCUT2D eigenvalue weighted by Gasteiger charge is -2.25. The van der Waals surface area contributed by atoms with Crippen LogP contribution >= 0.6 is 0 Å². The van der Waals surface area contributed by atoms with Gasteiger partial charge in [-0.25, -0.2) is 9.69 Å². The Bertz CT molecular complexity index is 603. The highest BCUT2D eigenvalue weighted by atomic mass is 16.6. The van der Waals surface area contributed by atoms with Gasteiger partial charge in [0, 0.05) is 12.0 Å². The lowest BCUT2D eigenvalue weighted by atomic mass is 9.92. The fourth-order valence-electron chi connectivity index (χ4n) is 2.32. The maximum absolute atomic E-state index is 12.5. The van der Waals surface area contributed by atoms with Gasteiger partial charge in [0.15, 0.2) is 5.60 Å². The van der Waals surface area contributed by atoms with Gasteiger partial charge in [-0.15, -0.1) is 6.58 Å². The van der Waals surface area contributed by atoms with Crippen molar-refractivity contribution in [2.75, 3.05) is 4.90 Å². The van der Waals surface area contributed by atoms with E-state index in [2.05, 4.69) is 6.58 Å². The van der Waals surface area contributed by atoms with Crippen LogP contribution in [0.15, 0.2) is 36.9 Å². The summed E-state index contributed by atoms with van der Waals surface area (Å²) in [6.07, 6.45) is 0.690. The molecular formula is C16H19NO4. The lowest BCUT2D eigenvalue weighted by Crippen LogP contribution is -2.45. The third-order valence-electron chi connectivity index (χ3n) is 3.16. The minimum Gasteiger partial charge on any atom is -0.443 e. The molecule has 2 amide bonds. The number of fused-ring (bicyclic) bond motifs is 1. The second-order valence-corrected chi connectivity index (χ2v) is 5.99. The van der Waals surface area contributed by atoms with Crippen LogP contribution in [-0.2, 0) is 15.1 Å². The van der Waals surface area contributed by atoms with Crippen LogP contribution in [0.3, 0.4) is 0 Å². The molecule has 0 saturated carbocycles. The van der Waals surface area contributed by atoms with Crippen molar-refractivity contribution < 1.29 is 19.4 Å². The van der Waals surface area contributed by atoms with Crippen LogP contribution in [-0.4, -0.2) is 22.7 Å². The van der Waals surface area contributed by atoms with Gasteiger partial charge in [0.1, 0.15) is 5.60 Å². The van der Waals surface area contributed by atoms with E-state index in [-0.39, 0.29) is 6.42 Å². The van der Waals surface area contributed by atoms with Crippen LogP contribution in [0.4, 0.5) is 10.5 Å². The molecule has 1 unspecified atom stereocenters. The second kappa shape index (κ2) is 5.00. The Morgan fingerprint density at radius 1 is 1.43 bits per heavy atom. The fraction of sp³-hybridized carbons (Fsp3) is 0.375. The molecule has 1 atom stereocenters. The molecule has 0 radical (unpaired) electrons. The number of ether oxygens (including phenoxy) is 1. The molecule has 1 aliphatic rings. The number of amides is 2. The first-order chi connectivity index (χ1) is 9.70. The van der Waals surface area contributed by atoms with E-state index in [4.69, 9.17) is 4.74 Å². The van der Waals surface area contributed by atoms with Gasteiger partial charge in [-0.1, -0.05) is 24.3 Å². The number of anilines is 1. The zero-order valence-corrected chi connectivity index (χ0v) is 12.4. The van der Waals surface area contributed by atoms with Crippen molar-refractivity contribution in [2.45, 2.75) is 38.4 Å². The molecule has 0 spiro atoms. The number of hydrogen-bond acceptors (Lipinski definition) is 4. The largest absolute Gasteiger partial charge is 0.443 e. The Morgan fingerprint density at radius 2 is 2.05 bits per heavy atom. The summed E-state index contributed by atoms with van der Waals surface area (Å²) >= 11 is 0. The summed E-state index contributed by atoms with van der Waals surface area (Å²) in [5.41, 5.74) is -1.76. The summed E-state index contributed by atoms with van der Waals surface area (Å²) in [5.74, 6) is -0.710. The summed E-state index contributed by atoms with van der Waals surface area (Å²) in [6.45, 7) is 8.71. The quantitative estimate of drug-likeness (QED) is 0.850. The molecule has 112 valence electrons. The lowest BCUT2D eigenvalue weighted by molar-refractivity contribution is -0.135. The Hall–Kier alpha value is -2.14. The van der Waals surface area contributed by atoms with Crippen LogP contribution < -0.4 is 4.90 Å². The van der Waals surface area contributed by atoms with Gasteiger partial charge in [-0.05, 0) is 26.8 Å². The third-order valence-corrected chi connectivity index (χ3v) is 3.16. The summed E-state index contributed by atoms with van der Waals surface area (Å²) in [4.78, 5) is 25.7. The van der Waals surface area contributed by atoms with Crippen molar-refractivity contribution in [3.8, 4) is 0 Å². The zero-order chi connectivity index (χ0) is 15.8. The normalized spacial score (nSPS) is 21.1. The molecule has 0 bridgehead atoms. The van der Waals surface area contributed by atoms with E-state index in [1.54, 1.807) is 45.0 Å². The Morgan fingerprint density at radius 3 is 2.62 bits per heavy atom. The number of carbonyl (C=O) groups is 2. The van der Waals surface area contributed by atoms with E-state index in [9.17, 15) is 14.7 Å². The molecule has 5 nitrogen and oxygen atoms in total. The number of para-hydroxylation sites is 1. The number of nitrogens with zero attached hydrogens (tertiary/aromatic N) is 1. The number of aliphatic hydroxyl groups is 1. The van der Waals surface area contributed by atoms with Crippen LogP contribution in [0.1, 0.15) is 32.8 Å². The van der Waals surface area contributed by atoms with E-state index in [0.29, 0.717) is 11.3 Å². The van der Waals surface area contributed by atoms with Crippen molar-refractivity contribution in [3.05, 3.63) is 42.5 Å². The van der Waals surface area contributed by atoms with Gasteiger partial charge in [0.05, 0.1) is 5.69 Å². The Balaban J connectivity index is 2.48. The molecule has 0 aliphatic carbocycles. The zero-order valence-electron chi connectivity index (χ0n) is 12.4. The molecule has 1 aromatic carbocycles. The highest BCUT2D eigenvalue weighted by Gasteiger charge is 2.52. The van der Waals surface area contributed by atoms with Crippen LogP contribution in [0, 0.1) is 0 Å². The van der Waals surface area contributed by atoms with Gasteiger partial charge >= 0.3 is 6.09 Å². The highest BCUT2D eigenvalue weighted by molar-refractivity contribution is 6.20. The summed E-state index contributed by atoms with van der Waals surface area (Å²) in [6, 6.07) is 6.64. The van der Waals surface area contributed by atoms with Crippen molar-refractivity contribution in [1.29, 1.82) is 0 Å². The first kappa shape index (κ1) is 15.3. The number of rotatable bonds is 2. The van der Waals surface area contributed by atoms with Crippen LogP contribution in [0.25, 0.3) is 0 Å². The maximum atomic E-state index is 12.5. The first-order valence-electron chi connectivity index (χ1n) is 6.71. The van der Waals surface area contributed by atoms with Crippen LogP contribution in [0.5, 0.6) is 0 Å². The number of imide groups is 1. The number of carbonyl (C=O) groups excluding carboxylic acids is 2. The summed E-state index contributed by atoms with van der Waals surface area (Å²) in [7, 11) is 0. The molecule has 2 rings (SSSR count). The average molecular weight is 289 g/mol. The number of benzene rings is 1. The minimum atomic E-state index is -1.77. The predicted octanol–water partition coefficient (Wildman–Crippen LogP) is 2.73. The highest BCUT2D eigenvalue weighted by Crippen LogP contribution is 2.42. The fourth-order valence-corrected chi connectivity index (χ4v) is 2.32. The maximum Gasteiger partial charge on any atom is 0.421 e. The predicted molar refractivity (Wildman–Crippen MR) is 78.9 cm³/mol. The smallest absolute Gasteiger partial charge is 0.421 e. The topological polar surface area (TPSA) is 66.8 Å². The second-order valence-electron chi connectivity index (χ2n) is 5.99. The standard InChI is InChI=1S/C16H19NO4/c1-5-10-16(20)11-8-6-7-9-12(11)17(13(16)18)14(19)21-15(2,3)4/h5-9,20H,1,10H2,2-4H3. The first-order valence-corrected chi connectivity index (χ1v) is 6.71. The molecule has 1 N–H and O–H groups in total. The van der Waals surface area contributed by atoms with Crippen molar-refractivity contribution in [2.24, 2.45) is 0 Å². The SMILES string of the molecule is C=CCC1(O)C(=O)N(C(=O)OC(C)(C)C)c2ccccc21. The minimum absolute atomic E-state index is 0.0299. The molecular weight excluding hydrogens is 270 g/mol. The summed E-state index contributed by atoms with van der Waals surface area (Å²) < 4.78 is 5.25. The van der Waals surface area contributed by atoms with Crippen LogP contribution in [0.2, 0.25) is 0 Å². The van der Waals surface area contributed by atoms with Crippen molar-refractivity contribution in [1.82, 2.24) is 0 Å². The average Bonchev–Trinajstić information content (AvgIpc) is 2.58. The Labute approximate surface area is 123 Å². The molecule has 0 fully saturated rings. The molecule has 0 aromatic heterocycles. The van der Waals surface area contributed by atoms with E-state index in [1.807, 2.05) is 0 Å². The molecule has 21 heavy (non-hydrogen) atoms. The Kier molecular flexibility index (Phi) is 3.63. The van der Waals surface area contributed by atoms with Gasteiger partial charge in [-0.2, -0.15) is 0 Å². The van der Waals surface area contributed by atoms with Gasteiger partial charge in [-0.3, -0.25) is 4.79 Å².